The number of aliphatic hydroxyl groups is 1. The third kappa shape index (κ3) is 4.83. The third-order valence-electron chi connectivity index (χ3n) is 7.36. The van der Waals surface area contributed by atoms with Crippen molar-refractivity contribution in [2.24, 2.45) is 0 Å². The van der Waals surface area contributed by atoms with E-state index in [1.165, 1.54) is 0 Å². The Balaban J connectivity index is 1.38. The lowest BCUT2D eigenvalue weighted by Gasteiger charge is -2.30. The van der Waals surface area contributed by atoms with Gasteiger partial charge in [-0.05, 0) is 63.8 Å². The van der Waals surface area contributed by atoms with E-state index in [1.807, 2.05) is 0 Å². The molecule has 0 spiro atoms. The van der Waals surface area contributed by atoms with Crippen LogP contribution in [0.4, 0.5) is 14.6 Å². The van der Waals surface area contributed by atoms with E-state index in [9.17, 15) is 27.1 Å². The van der Waals surface area contributed by atoms with Gasteiger partial charge >= 0.3 is 0 Å². The highest BCUT2D eigenvalue weighted by Gasteiger charge is 2.48. The van der Waals surface area contributed by atoms with Crippen LogP contribution in [-0.2, 0) is 28.5 Å². The number of hydrogen-bond donors (Lipinski definition) is 3. The van der Waals surface area contributed by atoms with Gasteiger partial charge in [-0.2, -0.15) is 9.40 Å². The average molecular weight is 546 g/mol. The van der Waals surface area contributed by atoms with E-state index in [1.54, 1.807) is 32.2 Å². The number of aromatic amines is 1. The van der Waals surface area contributed by atoms with Gasteiger partial charge in [-0.15, -0.1) is 0 Å². The number of hydrogen-bond acceptors (Lipinski definition) is 7. The normalized spacial score (nSPS) is 21.3. The van der Waals surface area contributed by atoms with Crippen LogP contribution in [-0.4, -0.2) is 50.9 Å². The van der Waals surface area contributed by atoms with Gasteiger partial charge in [-0.25, -0.2) is 22.2 Å². The summed E-state index contributed by atoms with van der Waals surface area (Å²) < 4.78 is 55.5. The molecule has 12 heteroatoms. The number of fused-ring (bicyclic) bond motifs is 1. The van der Waals surface area contributed by atoms with E-state index >= 15 is 0 Å². The van der Waals surface area contributed by atoms with Crippen molar-refractivity contribution in [3.63, 3.8) is 0 Å². The Morgan fingerprint density at radius 2 is 1.87 bits per heavy atom. The third-order valence-corrected chi connectivity index (χ3v) is 9.36. The molecule has 5 rings (SSSR count). The van der Waals surface area contributed by atoms with Crippen LogP contribution in [0.3, 0.4) is 0 Å². The van der Waals surface area contributed by atoms with Gasteiger partial charge in [0.15, 0.2) is 5.78 Å². The quantitative estimate of drug-likeness (QED) is 0.387. The molecule has 1 saturated carbocycles. The zero-order chi connectivity index (χ0) is 27.2. The van der Waals surface area contributed by atoms with Crippen LogP contribution >= 0.6 is 0 Å². The first-order valence-electron chi connectivity index (χ1n) is 12.4. The standard InChI is InChI=1S/C26H29F2N5O4S/c1-26(2)24-21(14-33(26)38(36,37)19-11-15(27)10-16(28)12-19)22(31-32-24)13-23(35)20-4-3-9-29-25(20)30-17-5-7-18(34)8-6-17/h3-4,9-12,17-18,34H,5-8,13-14H2,1-2H3,(H,29,30)(H,31,32). The van der Waals surface area contributed by atoms with Crippen molar-refractivity contribution in [3.05, 3.63) is 70.7 Å². The van der Waals surface area contributed by atoms with Crippen molar-refractivity contribution in [3.8, 4) is 0 Å². The van der Waals surface area contributed by atoms with E-state index < -0.39 is 32.1 Å². The van der Waals surface area contributed by atoms with E-state index in [0.29, 0.717) is 47.2 Å². The monoisotopic (exact) mass is 545 g/mol. The minimum atomic E-state index is -4.28. The molecule has 1 aliphatic heterocycles. The van der Waals surface area contributed by atoms with Crippen molar-refractivity contribution in [2.75, 3.05) is 5.32 Å². The molecule has 202 valence electrons. The topological polar surface area (TPSA) is 128 Å². The number of nitrogens with one attached hydrogen (secondary N) is 2. The molecule has 0 saturated heterocycles. The number of halogens is 2. The Hall–Kier alpha value is -3.22. The summed E-state index contributed by atoms with van der Waals surface area (Å²) in [6, 6.07) is 5.64. The molecule has 9 nitrogen and oxygen atoms in total. The number of H-pyrrole nitrogens is 1. The molecule has 3 heterocycles. The number of sulfonamides is 1. The summed E-state index contributed by atoms with van der Waals surface area (Å²) in [5.74, 6) is -1.74. The predicted octanol–water partition coefficient (Wildman–Crippen LogP) is 3.66. The van der Waals surface area contributed by atoms with E-state index in [4.69, 9.17) is 0 Å². The Labute approximate surface area is 219 Å². The molecular weight excluding hydrogens is 516 g/mol. The van der Waals surface area contributed by atoms with Crippen LogP contribution in [0.1, 0.15) is 66.8 Å². The summed E-state index contributed by atoms with van der Waals surface area (Å²) in [4.78, 5) is 17.3. The highest BCUT2D eigenvalue weighted by Crippen LogP contribution is 2.42. The molecule has 0 radical (unpaired) electrons. The summed E-state index contributed by atoms with van der Waals surface area (Å²) in [6.45, 7) is 3.20. The number of carbonyl (C=O) groups excluding carboxylic acids is 1. The van der Waals surface area contributed by atoms with Crippen molar-refractivity contribution in [2.45, 2.75) is 75.1 Å². The van der Waals surface area contributed by atoms with Crippen LogP contribution in [0.5, 0.6) is 0 Å². The molecule has 1 aliphatic carbocycles. The van der Waals surface area contributed by atoms with Crippen LogP contribution < -0.4 is 5.32 Å². The van der Waals surface area contributed by atoms with Gasteiger partial charge in [0.25, 0.3) is 0 Å². The zero-order valence-electron chi connectivity index (χ0n) is 21.0. The lowest BCUT2D eigenvalue weighted by molar-refractivity contribution is 0.0991. The van der Waals surface area contributed by atoms with Crippen LogP contribution in [0.25, 0.3) is 0 Å². The van der Waals surface area contributed by atoms with Gasteiger partial charge in [-0.3, -0.25) is 9.89 Å². The number of carbonyl (C=O) groups is 1. The van der Waals surface area contributed by atoms with Gasteiger partial charge in [0, 0.05) is 36.1 Å². The number of benzene rings is 1. The Morgan fingerprint density at radius 1 is 1.18 bits per heavy atom. The number of aromatic nitrogens is 3. The molecule has 0 bridgehead atoms. The number of aliphatic hydroxyl groups excluding tert-OH is 1. The first-order chi connectivity index (χ1) is 18.0. The fourth-order valence-corrected chi connectivity index (χ4v) is 7.05. The number of Topliss-reactive ketones (excluding diaryl/α,β-unsaturated/α-hetero) is 1. The summed E-state index contributed by atoms with van der Waals surface area (Å²) >= 11 is 0. The molecule has 0 amide bonds. The van der Waals surface area contributed by atoms with E-state index in [2.05, 4.69) is 20.5 Å². The van der Waals surface area contributed by atoms with Crippen molar-refractivity contribution in [1.29, 1.82) is 0 Å². The minimum absolute atomic E-state index is 0.0648. The summed E-state index contributed by atoms with van der Waals surface area (Å²) in [6.07, 6.45) is 4.16. The van der Waals surface area contributed by atoms with Crippen molar-refractivity contribution in [1.82, 2.24) is 19.5 Å². The second-order valence-electron chi connectivity index (χ2n) is 10.4. The van der Waals surface area contributed by atoms with Crippen LogP contribution in [0.15, 0.2) is 41.4 Å². The maximum Gasteiger partial charge on any atom is 0.244 e. The summed E-state index contributed by atoms with van der Waals surface area (Å²) in [5, 5.41) is 20.3. The van der Waals surface area contributed by atoms with Gasteiger partial charge in [0.1, 0.15) is 17.5 Å². The largest absolute Gasteiger partial charge is 0.393 e. The van der Waals surface area contributed by atoms with Crippen molar-refractivity contribution < 1.29 is 27.1 Å². The fraction of sp³-hybridized carbons (Fsp3) is 0.423. The lowest BCUT2D eigenvalue weighted by Crippen LogP contribution is -2.40. The second-order valence-corrected chi connectivity index (χ2v) is 12.2. The molecular formula is C26H29F2N5O4S. The number of rotatable bonds is 7. The molecule has 0 unspecified atom stereocenters. The molecule has 2 aromatic heterocycles. The van der Waals surface area contributed by atoms with E-state index in [0.717, 1.165) is 29.3 Å². The van der Waals surface area contributed by atoms with Crippen molar-refractivity contribution >= 4 is 21.6 Å². The Bertz CT molecular complexity index is 1460. The summed E-state index contributed by atoms with van der Waals surface area (Å²) in [5.41, 5.74) is 0.756. The molecule has 0 atom stereocenters. The Kier molecular flexibility index (Phi) is 6.82. The number of anilines is 1. The summed E-state index contributed by atoms with van der Waals surface area (Å²) in [7, 11) is -4.28. The smallest absolute Gasteiger partial charge is 0.244 e. The van der Waals surface area contributed by atoms with Gasteiger partial charge in [0.2, 0.25) is 10.0 Å². The average Bonchev–Trinajstić information content (AvgIpc) is 3.38. The second kappa shape index (κ2) is 9.83. The highest BCUT2D eigenvalue weighted by atomic mass is 32.2. The molecule has 1 aromatic carbocycles. The first-order valence-corrected chi connectivity index (χ1v) is 13.9. The molecule has 1 fully saturated rings. The van der Waals surface area contributed by atoms with Gasteiger partial charge < -0.3 is 10.4 Å². The van der Waals surface area contributed by atoms with E-state index in [-0.39, 0.29) is 30.9 Å². The number of pyridine rings is 1. The van der Waals surface area contributed by atoms with Crippen LogP contribution in [0, 0.1) is 11.6 Å². The van der Waals surface area contributed by atoms with Gasteiger partial charge in [-0.1, -0.05) is 0 Å². The molecule has 2 aliphatic rings. The maximum absolute atomic E-state index is 13.8. The van der Waals surface area contributed by atoms with Gasteiger partial charge in [0.05, 0.1) is 34.2 Å². The van der Waals surface area contributed by atoms with Crippen LogP contribution in [0.2, 0.25) is 0 Å². The molecule has 3 N–H and O–H groups in total. The minimum Gasteiger partial charge on any atom is -0.393 e. The number of nitrogens with zero attached hydrogens (tertiary/aromatic N) is 3. The fourth-order valence-electron chi connectivity index (χ4n) is 5.29. The predicted molar refractivity (Wildman–Crippen MR) is 135 cm³/mol. The molecule has 3 aromatic rings. The zero-order valence-corrected chi connectivity index (χ0v) is 21.9. The Morgan fingerprint density at radius 3 is 2.55 bits per heavy atom. The lowest BCUT2D eigenvalue weighted by atomic mass is 9.93. The number of ketones is 1. The first kappa shape index (κ1) is 26.4. The maximum atomic E-state index is 13.8. The molecule has 38 heavy (non-hydrogen) atoms. The highest BCUT2D eigenvalue weighted by molar-refractivity contribution is 7.89. The SMILES string of the molecule is CC1(C)c2n[nH]c(CC(=O)c3cccnc3NC3CCC(O)CC3)c2CN1S(=O)(=O)c1cc(F)cc(F)c1.